The number of carboxylic acids is 1. The molecule has 26 heteroatoms. The third-order valence-electron chi connectivity index (χ3n) is 32.7. The first-order chi connectivity index (χ1) is 62.9. The molecule has 6 aromatic carbocycles. The van der Waals surface area contributed by atoms with Crippen LogP contribution in [-0.2, 0) is 48.5 Å². The molecule has 9 saturated carbocycles. The van der Waals surface area contributed by atoms with Gasteiger partial charge in [0, 0.05) is 72.2 Å². The number of carbonyl (C=O) groups is 6. The maximum Gasteiger partial charge on any atom is 0.335 e. The number of amides is 5. The largest absolute Gasteiger partial charge is 0.478 e. The van der Waals surface area contributed by atoms with E-state index in [1.165, 1.54) is 19.3 Å². The highest BCUT2D eigenvalue weighted by molar-refractivity contribution is 5.97. The number of rotatable bonds is 32. The van der Waals surface area contributed by atoms with E-state index in [2.05, 4.69) is 126 Å². The Morgan fingerprint density at radius 2 is 0.647 bits per heavy atom. The highest BCUT2D eigenvalue weighted by atomic mass is 16.7. The number of carboxylic acid groups (broad SMARTS) is 1. The number of likely N-dealkylation sites (N-methyl/N-ethyl adjacent to an activating group) is 2. The van der Waals surface area contributed by atoms with E-state index in [1.54, 1.807) is 54.2 Å². The summed E-state index contributed by atoms with van der Waals surface area (Å²) in [5.74, 6) is 1.80. The molecule has 3 heterocycles. The number of hydrogen-bond donors (Lipinski definition) is 12. The summed E-state index contributed by atoms with van der Waals surface area (Å²) in [5, 5.41) is 93.3. The third-order valence-corrected chi connectivity index (χ3v) is 32.7. The second-order valence-corrected chi connectivity index (χ2v) is 43.5. The van der Waals surface area contributed by atoms with E-state index < -0.39 is 78.5 Å². The Morgan fingerprint density at radius 3 is 0.880 bits per heavy atom. The molecular formula is C107H152N10O16. The fraction of sp³-hybridized carbons (Fsp3) is 0.607. The molecule has 12 aliphatic rings. The van der Waals surface area contributed by atoms with E-state index in [-0.39, 0.29) is 91.7 Å². The average Bonchev–Trinajstić information content (AvgIpc) is 0.955. The van der Waals surface area contributed by atoms with Crippen molar-refractivity contribution in [2.75, 3.05) is 61.1 Å². The molecule has 0 spiro atoms. The highest BCUT2D eigenvalue weighted by Gasteiger charge is 2.61. The summed E-state index contributed by atoms with van der Waals surface area (Å²) in [6.07, 6.45) is 1.88. The lowest BCUT2D eigenvalue weighted by Crippen LogP contribution is -2.62. The number of carbonyl (C=O) groups excluding carboxylic acids is 5. The molecule has 3 aliphatic heterocycles. The lowest BCUT2D eigenvalue weighted by atomic mass is 9.45. The number of nitrogens with one attached hydrogen (secondary N) is 5. The first kappa shape index (κ1) is 102. The van der Waals surface area contributed by atoms with Gasteiger partial charge in [-0.2, -0.15) is 15.2 Å². The predicted octanol–water partition coefficient (Wildman–Crippen LogP) is 12.4. The summed E-state index contributed by atoms with van der Waals surface area (Å²) < 4.78 is 0. The van der Waals surface area contributed by atoms with Crippen molar-refractivity contribution >= 4 is 35.5 Å². The van der Waals surface area contributed by atoms with Crippen molar-refractivity contribution in [3.05, 3.63) is 179 Å². The van der Waals surface area contributed by atoms with Crippen molar-refractivity contribution in [1.82, 2.24) is 51.6 Å². The van der Waals surface area contributed by atoms with E-state index in [0.717, 1.165) is 82.4 Å². The smallest absolute Gasteiger partial charge is 0.335 e. The van der Waals surface area contributed by atoms with E-state index in [4.69, 9.17) is 14.5 Å². The van der Waals surface area contributed by atoms with E-state index in [9.17, 15) is 64.5 Å². The Hall–Kier alpha value is -8.42. The second-order valence-electron chi connectivity index (χ2n) is 43.5. The van der Waals surface area contributed by atoms with Gasteiger partial charge < -0.3 is 72.1 Å². The zero-order chi connectivity index (χ0) is 96.5. The molecular weight excluding hydrogens is 1680 g/mol. The molecule has 3 saturated heterocycles. The lowest BCUT2D eigenvalue weighted by Gasteiger charge is -2.62. The van der Waals surface area contributed by atoms with Gasteiger partial charge in [-0.3, -0.25) is 38.5 Å². The van der Waals surface area contributed by atoms with Crippen molar-refractivity contribution in [1.29, 1.82) is 0 Å². The molecule has 5 amide bonds. The third kappa shape index (κ3) is 22.4. The summed E-state index contributed by atoms with van der Waals surface area (Å²) in [6.45, 7) is 35.6. The van der Waals surface area contributed by atoms with Crippen LogP contribution in [0.3, 0.4) is 0 Å². The maximum atomic E-state index is 14.0. The van der Waals surface area contributed by atoms with Gasteiger partial charge in [0.2, 0.25) is 17.7 Å². The first-order valence-electron chi connectivity index (χ1n) is 48.7. The number of aliphatic hydroxyl groups is 6. The fourth-order valence-corrected chi connectivity index (χ4v) is 24.2. The number of aromatic carboxylic acids is 1. The minimum Gasteiger partial charge on any atom is -0.478 e. The van der Waals surface area contributed by atoms with Crippen molar-refractivity contribution in [2.24, 2.45) is 99.1 Å². The van der Waals surface area contributed by atoms with E-state index >= 15 is 0 Å². The zero-order valence-corrected chi connectivity index (χ0v) is 82.0. The molecule has 26 nitrogen and oxygen atoms in total. The van der Waals surface area contributed by atoms with Gasteiger partial charge in [0.05, 0.1) is 63.3 Å². The molecule has 26 atom stereocenters. The quantitative estimate of drug-likeness (QED) is 0.0187. The molecule has 726 valence electrons. The molecule has 0 aromatic heterocycles. The van der Waals surface area contributed by atoms with Crippen LogP contribution in [0.15, 0.2) is 146 Å². The zero-order valence-electron chi connectivity index (χ0n) is 82.0. The van der Waals surface area contributed by atoms with Crippen LogP contribution >= 0.6 is 0 Å². The van der Waals surface area contributed by atoms with Crippen LogP contribution in [0, 0.1) is 99.1 Å². The van der Waals surface area contributed by atoms with Gasteiger partial charge in [0.15, 0.2) is 0 Å². The SMILES string of the molecule is CC(C)[C@@H](CN(C)C)NC(=O)c1cccc(-c2cccc(CN3O[C@@H](CO)[C@@H]([C@H](C)O)[C@H]3C(=O)N[C@H]3C[C@H]4C[C@@H]([C@@H]3C)C4(C)C)c2)c1.CC(C)[C@@H](CN(C)C)NC(=O)c1cccc(-c2cccc(CN3O[C@@H](CO)[C@@H]([C@H](C)O)[C@H]3C(=O)N[C@H]3C[C@H]4C[C@@H]([C@@H]3C)C4(C)C)c2)c1.C[C@@H]1[C@@H](NC(=O)[C@@H]2[C@H]([C@H](C)O)[C@H](CO)ON2Cc2cccc(-c3cccc(C(=O)O)c3)c2)C[C@H]2C[C@@H]1C2(C)C. The molecule has 9 aliphatic carbocycles. The van der Waals surface area contributed by atoms with Gasteiger partial charge in [0.1, 0.15) is 36.4 Å². The molecule has 6 bridgehead atoms. The van der Waals surface area contributed by atoms with Crippen LogP contribution in [-0.4, -0.2) is 242 Å². The van der Waals surface area contributed by atoms with Crippen LogP contribution in [0.4, 0.5) is 0 Å². The Morgan fingerprint density at radius 1 is 0.391 bits per heavy atom. The van der Waals surface area contributed by atoms with Gasteiger partial charge in [-0.05, 0) is 273 Å². The number of fused-ring (bicyclic) bond motifs is 6. The topological polar surface area (TPSA) is 348 Å². The summed E-state index contributed by atoms with van der Waals surface area (Å²) in [7, 11) is 8.02. The number of aliphatic hydroxyl groups excluding tert-OH is 6. The Bertz CT molecular complexity index is 4810. The second kappa shape index (κ2) is 42.7. The number of hydrogen-bond acceptors (Lipinski definition) is 20. The molecule has 133 heavy (non-hydrogen) atoms. The van der Waals surface area contributed by atoms with Crippen LogP contribution in [0.5, 0.6) is 0 Å². The standard InChI is InChI=1S/2C38H56N4O5.C31H40N2O6/c2*1-22(2)32(20-41(7)8)40-36(45)28-14-10-13-27(16-28)26-12-9-11-25(15-26)19-42-35(34(24(4)44)33(21-43)47-42)37(46)39-31-18-29-17-30(23(31)3)38(29,5)6;1-17-24-13-23(31(24,3)4)14-25(17)32-29(36)28-27(18(2)35)26(16-34)39-33(28)15-19-7-5-8-20(11-19)21-9-6-10-22(12-21)30(37)38/h2*9-16,22-24,29-35,43-44H,17-21H2,1-8H3,(H,39,46)(H,40,45);5-12,17-18,23-28,34-35H,13-16H2,1-4H3,(H,32,36)(H,37,38)/t2*23-,24-,29+,30-,31-,32+,33-,34+,35-;17-,18-,23+,24-,25-,26-,27+,28-/m000/s1. The summed E-state index contributed by atoms with van der Waals surface area (Å²) in [6, 6.07) is 43.7. The van der Waals surface area contributed by atoms with Crippen LogP contribution < -0.4 is 26.6 Å². The number of hydroxylamine groups is 6. The summed E-state index contributed by atoms with van der Waals surface area (Å²) >= 11 is 0. The lowest BCUT2D eigenvalue weighted by molar-refractivity contribution is -0.183. The predicted molar refractivity (Wildman–Crippen MR) is 515 cm³/mol. The van der Waals surface area contributed by atoms with Gasteiger partial charge in [-0.15, -0.1) is 0 Å². The summed E-state index contributed by atoms with van der Waals surface area (Å²) in [4.78, 5) is 102. The van der Waals surface area contributed by atoms with Gasteiger partial charge in [-0.1, -0.05) is 181 Å². The minimum absolute atomic E-state index is 0.0298. The average molecular weight is 1830 g/mol. The normalized spacial score (nSPS) is 30.5. The maximum absolute atomic E-state index is 14.0. The summed E-state index contributed by atoms with van der Waals surface area (Å²) in [5.41, 5.74) is 10.3. The minimum atomic E-state index is -0.986. The molecule has 0 unspecified atom stereocenters. The Balaban J connectivity index is 0.000000170. The van der Waals surface area contributed by atoms with Crippen molar-refractivity contribution in [3.63, 3.8) is 0 Å². The van der Waals surface area contributed by atoms with Crippen molar-refractivity contribution < 1.29 is 79.0 Å². The Kier molecular flexibility index (Phi) is 32.7. The molecule has 0 radical (unpaired) electrons. The van der Waals surface area contributed by atoms with Crippen molar-refractivity contribution in [3.8, 4) is 33.4 Å². The monoisotopic (exact) mass is 1830 g/mol. The molecule has 6 aromatic rings. The van der Waals surface area contributed by atoms with Gasteiger partial charge in [-0.25, -0.2) is 4.79 Å². The Labute approximate surface area is 788 Å². The fourth-order valence-electron chi connectivity index (χ4n) is 24.2. The number of benzene rings is 6. The van der Waals surface area contributed by atoms with E-state index in [0.29, 0.717) is 106 Å². The molecule has 18 rings (SSSR count). The van der Waals surface area contributed by atoms with Crippen LogP contribution in [0.25, 0.3) is 33.4 Å². The van der Waals surface area contributed by atoms with Gasteiger partial charge >= 0.3 is 5.97 Å². The van der Waals surface area contributed by atoms with Crippen LogP contribution in [0.2, 0.25) is 0 Å². The molecule has 12 N–H and O–H groups in total. The van der Waals surface area contributed by atoms with E-state index in [1.807, 2.05) is 156 Å². The number of nitrogens with zero attached hydrogens (tertiary/aromatic N) is 5. The molecule has 12 fully saturated rings. The van der Waals surface area contributed by atoms with Gasteiger partial charge in [0.25, 0.3) is 11.8 Å². The van der Waals surface area contributed by atoms with Crippen molar-refractivity contribution in [2.45, 2.75) is 254 Å². The first-order valence-corrected chi connectivity index (χ1v) is 48.7. The highest BCUT2D eigenvalue weighted by Crippen LogP contribution is 2.64. The van der Waals surface area contributed by atoms with Crippen LogP contribution in [0.1, 0.15) is 197 Å².